The lowest BCUT2D eigenvalue weighted by molar-refractivity contribution is -0.115. The molecule has 1 aliphatic rings. The highest BCUT2D eigenvalue weighted by Gasteiger charge is 2.30. The van der Waals surface area contributed by atoms with Gasteiger partial charge in [-0.05, 0) is 44.7 Å². The summed E-state index contributed by atoms with van der Waals surface area (Å²) < 4.78 is 2.31. The van der Waals surface area contributed by atoms with Gasteiger partial charge in [0.05, 0.1) is 11.4 Å². The van der Waals surface area contributed by atoms with E-state index in [1.54, 1.807) is 23.6 Å². The van der Waals surface area contributed by atoms with Gasteiger partial charge in [0.1, 0.15) is 5.82 Å². The number of benzene rings is 1. The van der Waals surface area contributed by atoms with Crippen LogP contribution in [-0.4, -0.2) is 25.7 Å². The van der Waals surface area contributed by atoms with Crippen LogP contribution in [0, 0.1) is 20.8 Å². The lowest BCUT2D eigenvalue weighted by Gasteiger charge is -2.23. The molecule has 0 saturated heterocycles. The Morgan fingerprint density at radius 2 is 1.90 bits per heavy atom. The molecule has 1 amide bonds. The van der Waals surface area contributed by atoms with Crippen molar-refractivity contribution in [1.82, 2.24) is 19.7 Å². The van der Waals surface area contributed by atoms with Crippen LogP contribution in [-0.2, 0) is 10.5 Å². The highest BCUT2D eigenvalue weighted by molar-refractivity contribution is 7.98. The summed E-state index contributed by atoms with van der Waals surface area (Å²) in [6, 6.07) is 4.76. The van der Waals surface area contributed by atoms with Crippen molar-refractivity contribution in [2.24, 2.45) is 0 Å². The number of hydrogen-bond acceptors (Lipinski definition) is 6. The third-order valence-electron chi connectivity index (χ3n) is 5.37. The van der Waals surface area contributed by atoms with Crippen LogP contribution in [0.15, 0.2) is 22.7 Å². The lowest BCUT2D eigenvalue weighted by atomic mass is 10.0. The SMILES string of the molecule is CC(=O)N(c1nc(CSc2nnc(C(C)C)n2C2CC2)cs1)c1c(C)cc(C)cc1C. The summed E-state index contributed by atoms with van der Waals surface area (Å²) in [6.45, 7) is 12.1. The van der Waals surface area contributed by atoms with Crippen LogP contribution in [0.2, 0.25) is 0 Å². The molecule has 0 bridgehead atoms. The molecule has 0 N–H and O–H groups in total. The molecule has 2 aromatic heterocycles. The van der Waals surface area contributed by atoms with E-state index in [1.807, 2.05) is 19.2 Å². The third kappa shape index (κ3) is 4.55. The number of thiazole rings is 1. The van der Waals surface area contributed by atoms with Gasteiger partial charge in [0.15, 0.2) is 10.3 Å². The molecule has 6 nitrogen and oxygen atoms in total. The largest absolute Gasteiger partial charge is 0.303 e. The normalized spacial score (nSPS) is 13.8. The maximum Gasteiger partial charge on any atom is 0.230 e. The zero-order chi connectivity index (χ0) is 22.3. The maximum atomic E-state index is 12.6. The van der Waals surface area contributed by atoms with Crippen LogP contribution in [0.25, 0.3) is 0 Å². The molecular formula is C23H29N5OS2. The van der Waals surface area contributed by atoms with Gasteiger partial charge in [-0.1, -0.05) is 43.3 Å². The van der Waals surface area contributed by atoms with Gasteiger partial charge in [0.25, 0.3) is 0 Å². The van der Waals surface area contributed by atoms with Crippen molar-refractivity contribution in [2.75, 3.05) is 4.90 Å². The Labute approximate surface area is 192 Å². The van der Waals surface area contributed by atoms with Crippen molar-refractivity contribution < 1.29 is 4.79 Å². The minimum atomic E-state index is -0.0290. The summed E-state index contributed by atoms with van der Waals surface area (Å²) in [5.74, 6) is 2.10. The van der Waals surface area contributed by atoms with Crippen LogP contribution in [0.5, 0.6) is 0 Å². The van der Waals surface area contributed by atoms with E-state index in [2.05, 4.69) is 47.7 Å². The standard InChI is InChI=1S/C23H29N5OS2/c1-13(2)21-25-26-23(28(21)19-7-8-19)31-12-18-11-30-22(24-18)27(17(6)29)20-15(4)9-14(3)10-16(20)5/h9-11,13,19H,7-8,12H2,1-6H3. The van der Waals surface area contributed by atoms with Crippen molar-refractivity contribution in [2.45, 2.75) is 77.3 Å². The first-order chi connectivity index (χ1) is 14.8. The van der Waals surface area contributed by atoms with Gasteiger partial charge in [-0.3, -0.25) is 9.69 Å². The van der Waals surface area contributed by atoms with Crippen molar-refractivity contribution in [3.05, 3.63) is 45.7 Å². The van der Waals surface area contributed by atoms with Crippen LogP contribution in [0.1, 0.15) is 73.8 Å². The first-order valence-electron chi connectivity index (χ1n) is 10.7. The van der Waals surface area contributed by atoms with Gasteiger partial charge in [-0.15, -0.1) is 21.5 Å². The molecule has 8 heteroatoms. The van der Waals surface area contributed by atoms with E-state index < -0.39 is 0 Å². The topological polar surface area (TPSA) is 63.9 Å². The van der Waals surface area contributed by atoms with Crippen molar-refractivity contribution in [3.63, 3.8) is 0 Å². The molecule has 1 aromatic carbocycles. The van der Waals surface area contributed by atoms with Gasteiger partial charge in [0, 0.05) is 30.0 Å². The van der Waals surface area contributed by atoms with Crippen LogP contribution >= 0.6 is 23.1 Å². The number of anilines is 2. The van der Waals surface area contributed by atoms with Gasteiger partial charge in [-0.25, -0.2) is 4.98 Å². The van der Waals surface area contributed by atoms with E-state index in [1.165, 1.54) is 29.7 Å². The Balaban J connectivity index is 1.56. The summed E-state index contributed by atoms with van der Waals surface area (Å²) in [7, 11) is 0. The second-order valence-electron chi connectivity index (χ2n) is 8.61. The molecule has 1 fully saturated rings. The van der Waals surface area contributed by atoms with Crippen LogP contribution < -0.4 is 4.90 Å². The zero-order valence-electron chi connectivity index (χ0n) is 19.0. The number of nitrogens with zero attached hydrogens (tertiary/aromatic N) is 5. The summed E-state index contributed by atoms with van der Waals surface area (Å²) in [5, 5.41) is 12.6. The second-order valence-corrected chi connectivity index (χ2v) is 10.4. The average Bonchev–Trinajstić information content (AvgIpc) is 3.26. The first kappa shape index (κ1) is 22.0. The van der Waals surface area contributed by atoms with E-state index in [4.69, 9.17) is 4.98 Å². The molecular weight excluding hydrogens is 426 g/mol. The molecule has 164 valence electrons. The number of aryl methyl sites for hydroxylation is 3. The summed E-state index contributed by atoms with van der Waals surface area (Å²) >= 11 is 3.18. The fraction of sp³-hybridized carbons (Fsp3) is 0.478. The number of hydrogen-bond donors (Lipinski definition) is 0. The zero-order valence-corrected chi connectivity index (χ0v) is 20.6. The minimum absolute atomic E-state index is 0.0290. The predicted molar refractivity (Wildman–Crippen MR) is 128 cm³/mol. The van der Waals surface area contributed by atoms with Gasteiger partial charge < -0.3 is 4.57 Å². The highest BCUT2D eigenvalue weighted by atomic mass is 32.2. The second kappa shape index (κ2) is 8.74. The fourth-order valence-electron chi connectivity index (χ4n) is 3.97. The summed E-state index contributed by atoms with van der Waals surface area (Å²) in [5.41, 5.74) is 5.24. The maximum absolute atomic E-state index is 12.6. The smallest absolute Gasteiger partial charge is 0.230 e. The quantitative estimate of drug-likeness (QED) is 0.403. The Bertz CT molecular complexity index is 1090. The van der Waals surface area contributed by atoms with Gasteiger partial charge in [0.2, 0.25) is 5.91 Å². The number of thioether (sulfide) groups is 1. The Morgan fingerprint density at radius 1 is 1.23 bits per heavy atom. The molecule has 4 rings (SSSR count). The van der Waals surface area contributed by atoms with E-state index in [-0.39, 0.29) is 5.91 Å². The first-order valence-corrected chi connectivity index (χ1v) is 12.5. The Hall–Kier alpha value is -2.19. The van der Waals surface area contributed by atoms with Crippen LogP contribution in [0.3, 0.4) is 0 Å². The monoisotopic (exact) mass is 455 g/mol. The van der Waals surface area contributed by atoms with E-state index >= 15 is 0 Å². The molecule has 1 saturated carbocycles. The van der Waals surface area contributed by atoms with E-state index in [9.17, 15) is 4.79 Å². The van der Waals surface area contributed by atoms with E-state index in [0.29, 0.717) is 22.8 Å². The summed E-state index contributed by atoms with van der Waals surface area (Å²) in [4.78, 5) is 19.1. The van der Waals surface area contributed by atoms with Crippen molar-refractivity contribution in [1.29, 1.82) is 0 Å². The van der Waals surface area contributed by atoms with Crippen molar-refractivity contribution in [3.8, 4) is 0 Å². The molecule has 0 radical (unpaired) electrons. The molecule has 0 spiro atoms. The van der Waals surface area contributed by atoms with Crippen molar-refractivity contribution >= 4 is 39.8 Å². The number of carbonyl (C=O) groups excluding carboxylic acids is 1. The number of amides is 1. The average molecular weight is 456 g/mol. The molecule has 0 atom stereocenters. The number of aromatic nitrogens is 4. The molecule has 1 aliphatic carbocycles. The molecule has 3 aromatic rings. The lowest BCUT2D eigenvalue weighted by Crippen LogP contribution is -2.24. The highest BCUT2D eigenvalue weighted by Crippen LogP contribution is 2.41. The Morgan fingerprint density at radius 3 is 2.48 bits per heavy atom. The third-order valence-corrected chi connectivity index (χ3v) is 7.22. The number of rotatable bonds is 7. The fourth-order valence-corrected chi connectivity index (χ4v) is 5.86. The van der Waals surface area contributed by atoms with Crippen LogP contribution in [0.4, 0.5) is 10.8 Å². The van der Waals surface area contributed by atoms with Gasteiger partial charge in [-0.2, -0.15) is 0 Å². The summed E-state index contributed by atoms with van der Waals surface area (Å²) in [6.07, 6.45) is 2.41. The predicted octanol–water partition coefficient (Wildman–Crippen LogP) is 6.10. The number of carbonyl (C=O) groups is 1. The van der Waals surface area contributed by atoms with Gasteiger partial charge >= 0.3 is 0 Å². The minimum Gasteiger partial charge on any atom is -0.303 e. The Kier molecular flexibility index (Phi) is 6.21. The molecule has 0 unspecified atom stereocenters. The molecule has 31 heavy (non-hydrogen) atoms. The van der Waals surface area contributed by atoms with E-state index in [0.717, 1.165) is 33.5 Å². The molecule has 2 heterocycles. The molecule has 0 aliphatic heterocycles.